The third-order valence-corrected chi connectivity index (χ3v) is 6.22. The maximum absolute atomic E-state index is 13.4. The van der Waals surface area contributed by atoms with Gasteiger partial charge in [-0.05, 0) is 55.8 Å². The molecular formula is C26H23F3N6O3. The van der Waals surface area contributed by atoms with Crippen molar-refractivity contribution < 1.29 is 27.5 Å². The quantitative estimate of drug-likeness (QED) is 0.357. The molecular weight excluding hydrogens is 501 g/mol. The van der Waals surface area contributed by atoms with Crippen LogP contribution < -0.4 is 20.7 Å². The second kappa shape index (κ2) is 9.78. The summed E-state index contributed by atoms with van der Waals surface area (Å²) in [4.78, 5) is 33.6. The number of nitrogens with zero attached hydrogens (tertiary/aromatic N) is 3. The van der Waals surface area contributed by atoms with Gasteiger partial charge in [-0.1, -0.05) is 0 Å². The molecule has 0 radical (unpaired) electrons. The molecule has 0 spiro atoms. The summed E-state index contributed by atoms with van der Waals surface area (Å²) in [5.74, 6) is 0.272. The van der Waals surface area contributed by atoms with Crippen molar-refractivity contribution in [3.63, 3.8) is 0 Å². The molecule has 196 valence electrons. The molecule has 2 amide bonds. The molecule has 2 aromatic carbocycles. The Labute approximate surface area is 215 Å². The Bertz CT molecular complexity index is 1550. The predicted octanol–water partition coefficient (Wildman–Crippen LogP) is 4.72. The van der Waals surface area contributed by atoms with E-state index in [1.165, 1.54) is 30.2 Å². The van der Waals surface area contributed by atoms with Crippen LogP contribution >= 0.6 is 0 Å². The van der Waals surface area contributed by atoms with Crippen LogP contribution in [-0.4, -0.2) is 39.6 Å². The molecule has 0 aliphatic carbocycles. The molecule has 2 aromatic heterocycles. The lowest BCUT2D eigenvalue weighted by Crippen LogP contribution is -2.33. The number of hydrogen-bond acceptors (Lipinski definition) is 6. The van der Waals surface area contributed by atoms with Crippen LogP contribution in [0.5, 0.6) is 11.6 Å². The maximum atomic E-state index is 13.4. The molecule has 38 heavy (non-hydrogen) atoms. The van der Waals surface area contributed by atoms with Crippen LogP contribution in [0.3, 0.4) is 0 Å². The Morgan fingerprint density at radius 1 is 1.13 bits per heavy atom. The van der Waals surface area contributed by atoms with Crippen molar-refractivity contribution in [3.8, 4) is 11.6 Å². The first-order chi connectivity index (χ1) is 18.1. The molecule has 0 bridgehead atoms. The third-order valence-electron chi connectivity index (χ3n) is 6.22. The lowest BCUT2D eigenvalue weighted by atomic mass is 10.0. The summed E-state index contributed by atoms with van der Waals surface area (Å²) in [7, 11) is 1.31. The largest absolute Gasteiger partial charge is 0.439 e. The number of nitrogens with one attached hydrogen (secondary N) is 3. The van der Waals surface area contributed by atoms with E-state index in [0.717, 1.165) is 29.8 Å². The molecule has 0 saturated heterocycles. The van der Waals surface area contributed by atoms with Gasteiger partial charge in [0.15, 0.2) is 0 Å². The number of alkyl halides is 3. The summed E-state index contributed by atoms with van der Waals surface area (Å²) in [5, 5.41) is 8.75. The zero-order chi connectivity index (χ0) is 27.0. The van der Waals surface area contributed by atoms with Gasteiger partial charge in [-0.15, -0.1) is 0 Å². The fourth-order valence-corrected chi connectivity index (χ4v) is 4.32. The molecule has 0 fully saturated rings. The van der Waals surface area contributed by atoms with Crippen molar-refractivity contribution in [3.05, 3.63) is 77.4 Å². The fraction of sp³-hybridized carbons (Fsp3) is 0.231. The SMILES string of the molecule is CNC(=O)c1cc(NC(=O)n2ccc3cc(Oc4ncnc5c4CC(C)NC5)ccc32)cc(C(F)(F)F)c1. The van der Waals surface area contributed by atoms with E-state index in [4.69, 9.17) is 4.74 Å². The van der Waals surface area contributed by atoms with Crippen LogP contribution in [0.4, 0.5) is 23.7 Å². The summed E-state index contributed by atoms with van der Waals surface area (Å²) < 4.78 is 47.4. The van der Waals surface area contributed by atoms with E-state index >= 15 is 0 Å². The van der Waals surface area contributed by atoms with Crippen molar-refractivity contribution in [2.24, 2.45) is 0 Å². The first-order valence-electron chi connectivity index (χ1n) is 11.7. The number of carbonyl (C=O) groups excluding carboxylic acids is 2. The van der Waals surface area contributed by atoms with Crippen LogP contribution in [0.25, 0.3) is 10.9 Å². The first-order valence-corrected chi connectivity index (χ1v) is 11.7. The zero-order valence-electron chi connectivity index (χ0n) is 20.4. The number of halogens is 3. The van der Waals surface area contributed by atoms with E-state index in [9.17, 15) is 22.8 Å². The van der Waals surface area contributed by atoms with Crippen LogP contribution in [0.15, 0.2) is 55.0 Å². The van der Waals surface area contributed by atoms with Gasteiger partial charge in [-0.3, -0.25) is 9.36 Å². The normalized spacial score (nSPS) is 15.1. The Morgan fingerprint density at radius 3 is 2.71 bits per heavy atom. The van der Waals surface area contributed by atoms with Crippen LogP contribution in [0.2, 0.25) is 0 Å². The van der Waals surface area contributed by atoms with E-state index in [0.29, 0.717) is 29.1 Å². The Kier molecular flexibility index (Phi) is 6.49. The highest BCUT2D eigenvalue weighted by molar-refractivity contribution is 6.00. The minimum absolute atomic E-state index is 0.164. The van der Waals surface area contributed by atoms with Gasteiger partial charge in [0.05, 0.1) is 16.8 Å². The van der Waals surface area contributed by atoms with Gasteiger partial charge >= 0.3 is 12.2 Å². The predicted molar refractivity (Wildman–Crippen MR) is 133 cm³/mol. The van der Waals surface area contributed by atoms with Gasteiger partial charge in [0.1, 0.15) is 12.1 Å². The highest BCUT2D eigenvalue weighted by atomic mass is 19.4. The van der Waals surface area contributed by atoms with Crippen molar-refractivity contribution >= 4 is 28.5 Å². The standard InChI is InChI=1S/C26H23F3N6O3/c1-14-7-20-21(12-31-14)32-13-33-24(20)38-19-3-4-22-15(10-19)5-6-35(22)25(37)34-18-9-16(23(36)30-2)8-17(11-18)26(27,28)29/h3-6,8-11,13-14,31H,7,12H2,1-2H3,(H,30,36)(H,34,37). The molecule has 4 aromatic rings. The van der Waals surface area contributed by atoms with Gasteiger partial charge < -0.3 is 20.7 Å². The monoisotopic (exact) mass is 524 g/mol. The van der Waals surface area contributed by atoms with E-state index < -0.39 is 23.7 Å². The van der Waals surface area contributed by atoms with Crippen LogP contribution in [0.1, 0.15) is 34.1 Å². The van der Waals surface area contributed by atoms with E-state index in [2.05, 4.69) is 32.8 Å². The topological polar surface area (TPSA) is 110 Å². The van der Waals surface area contributed by atoms with E-state index in [1.807, 2.05) is 0 Å². The van der Waals surface area contributed by atoms with Gasteiger partial charge in [0.2, 0.25) is 5.88 Å². The van der Waals surface area contributed by atoms with E-state index in [1.54, 1.807) is 24.3 Å². The molecule has 1 aliphatic rings. The molecule has 3 heterocycles. The second-order valence-corrected chi connectivity index (χ2v) is 8.90. The molecule has 3 N–H and O–H groups in total. The number of ether oxygens (including phenoxy) is 1. The van der Waals surface area contributed by atoms with Crippen molar-refractivity contribution in [1.82, 2.24) is 25.2 Å². The first kappa shape index (κ1) is 25.2. The van der Waals surface area contributed by atoms with Gasteiger partial charge in [-0.2, -0.15) is 13.2 Å². The number of anilines is 1. The zero-order valence-corrected chi connectivity index (χ0v) is 20.4. The van der Waals surface area contributed by atoms with Crippen LogP contribution in [0, 0.1) is 0 Å². The number of hydrogen-bond donors (Lipinski definition) is 3. The Morgan fingerprint density at radius 2 is 1.95 bits per heavy atom. The summed E-state index contributed by atoms with van der Waals surface area (Å²) in [6, 6.07) is 9.04. The van der Waals surface area contributed by atoms with Crippen molar-refractivity contribution in [2.75, 3.05) is 12.4 Å². The molecule has 12 heteroatoms. The minimum atomic E-state index is -4.70. The summed E-state index contributed by atoms with van der Waals surface area (Å²) in [6.07, 6.45) is -1.02. The number of carbonyl (C=O) groups is 2. The number of benzene rings is 2. The summed E-state index contributed by atoms with van der Waals surface area (Å²) in [6.45, 7) is 2.70. The van der Waals surface area contributed by atoms with Crippen molar-refractivity contribution in [1.29, 1.82) is 0 Å². The molecule has 5 rings (SSSR count). The fourth-order valence-electron chi connectivity index (χ4n) is 4.32. The number of aromatic nitrogens is 3. The molecule has 9 nitrogen and oxygen atoms in total. The molecule has 1 aliphatic heterocycles. The lowest BCUT2D eigenvalue weighted by Gasteiger charge is -2.23. The minimum Gasteiger partial charge on any atom is -0.439 e. The smallest absolute Gasteiger partial charge is 0.416 e. The van der Waals surface area contributed by atoms with Crippen LogP contribution in [-0.2, 0) is 19.1 Å². The average molecular weight is 525 g/mol. The number of fused-ring (bicyclic) bond motifs is 2. The Balaban J connectivity index is 1.40. The number of amides is 2. The molecule has 1 unspecified atom stereocenters. The highest BCUT2D eigenvalue weighted by Gasteiger charge is 2.32. The highest BCUT2D eigenvalue weighted by Crippen LogP contribution is 2.33. The van der Waals surface area contributed by atoms with Gasteiger partial charge in [0.25, 0.3) is 5.91 Å². The summed E-state index contributed by atoms with van der Waals surface area (Å²) in [5.41, 5.74) is 0.886. The average Bonchev–Trinajstić information content (AvgIpc) is 3.31. The third kappa shape index (κ3) is 5.02. The van der Waals surface area contributed by atoms with Crippen molar-refractivity contribution in [2.45, 2.75) is 32.1 Å². The number of rotatable bonds is 4. The Hall–Kier alpha value is -4.45. The van der Waals surface area contributed by atoms with E-state index in [-0.39, 0.29) is 17.3 Å². The maximum Gasteiger partial charge on any atom is 0.416 e. The second-order valence-electron chi connectivity index (χ2n) is 8.90. The van der Waals surface area contributed by atoms with Gasteiger partial charge in [0, 0.05) is 48.0 Å². The lowest BCUT2D eigenvalue weighted by molar-refractivity contribution is -0.137. The van der Waals surface area contributed by atoms with Gasteiger partial charge in [-0.25, -0.2) is 14.8 Å². The molecule has 1 atom stereocenters. The summed E-state index contributed by atoms with van der Waals surface area (Å²) >= 11 is 0. The molecule has 0 saturated carbocycles.